The third-order valence-corrected chi connectivity index (χ3v) is 2.45. The van der Waals surface area contributed by atoms with Crippen molar-refractivity contribution < 1.29 is 18.3 Å². The summed E-state index contributed by atoms with van der Waals surface area (Å²) < 4.78 is 37.7. The van der Waals surface area contributed by atoms with E-state index in [2.05, 4.69) is 27.8 Å². The van der Waals surface area contributed by atoms with Crippen LogP contribution in [0.15, 0.2) is 22.7 Å². The lowest BCUT2D eigenvalue weighted by molar-refractivity contribution is -0.137. The van der Waals surface area contributed by atoms with Crippen LogP contribution in [0.2, 0.25) is 0 Å². The fourth-order valence-corrected chi connectivity index (χ4v) is 1.36. The van der Waals surface area contributed by atoms with Gasteiger partial charge in [0, 0.05) is 16.5 Å². The highest BCUT2D eigenvalue weighted by molar-refractivity contribution is 9.10. The molecule has 0 fully saturated rings. The molecule has 0 bridgehead atoms. The normalized spacial score (nSPS) is 10.8. The van der Waals surface area contributed by atoms with Gasteiger partial charge in [-0.3, -0.25) is 0 Å². The molecule has 0 aliphatic heterocycles. The molecule has 0 amide bonds. The van der Waals surface area contributed by atoms with Gasteiger partial charge in [-0.2, -0.15) is 13.2 Å². The monoisotopic (exact) mass is 292 g/mol. The van der Waals surface area contributed by atoms with Crippen molar-refractivity contribution in [2.75, 3.05) is 6.61 Å². The molecule has 1 aromatic carbocycles. The number of aliphatic hydroxyl groups is 1. The Labute approximate surface area is 99.4 Å². The van der Waals surface area contributed by atoms with Gasteiger partial charge >= 0.3 is 6.18 Å². The van der Waals surface area contributed by atoms with Crippen LogP contribution in [0.25, 0.3) is 0 Å². The highest BCUT2D eigenvalue weighted by atomic mass is 79.9. The predicted molar refractivity (Wildman–Crippen MR) is 57.7 cm³/mol. The van der Waals surface area contributed by atoms with Crippen molar-refractivity contribution in [2.24, 2.45) is 0 Å². The Hall–Kier alpha value is -0.990. The van der Waals surface area contributed by atoms with E-state index in [1.807, 2.05) is 0 Å². The van der Waals surface area contributed by atoms with Gasteiger partial charge < -0.3 is 5.11 Å². The van der Waals surface area contributed by atoms with Gasteiger partial charge in [-0.25, -0.2) is 0 Å². The molecule has 0 saturated carbocycles. The van der Waals surface area contributed by atoms with Crippen molar-refractivity contribution in [1.82, 2.24) is 0 Å². The van der Waals surface area contributed by atoms with Crippen LogP contribution in [-0.2, 0) is 6.18 Å². The highest BCUT2D eigenvalue weighted by Gasteiger charge is 2.30. The molecule has 1 aromatic rings. The van der Waals surface area contributed by atoms with Crippen LogP contribution in [0.4, 0.5) is 13.2 Å². The number of halogens is 4. The number of hydrogen-bond acceptors (Lipinski definition) is 1. The van der Waals surface area contributed by atoms with E-state index >= 15 is 0 Å². The third-order valence-electron chi connectivity index (χ3n) is 1.75. The van der Waals surface area contributed by atoms with Crippen molar-refractivity contribution >= 4 is 15.9 Å². The predicted octanol–water partition coefficient (Wildman–Crippen LogP) is 3.20. The van der Waals surface area contributed by atoms with Crippen LogP contribution < -0.4 is 0 Å². The summed E-state index contributed by atoms with van der Waals surface area (Å²) in [5, 5.41) is 8.50. The van der Waals surface area contributed by atoms with Gasteiger partial charge in [0.25, 0.3) is 0 Å². The summed E-state index contributed by atoms with van der Waals surface area (Å²) in [6.07, 6.45) is -4.13. The van der Waals surface area contributed by atoms with Gasteiger partial charge in [-0.05, 0) is 34.1 Å². The van der Waals surface area contributed by atoms with Crippen LogP contribution >= 0.6 is 15.9 Å². The van der Waals surface area contributed by atoms with Gasteiger partial charge in [-0.1, -0.05) is 11.8 Å². The topological polar surface area (TPSA) is 20.2 Å². The second-order valence-electron chi connectivity index (χ2n) is 2.97. The standard InChI is InChI=1S/C11H8BrF3O/c12-10-5-4-9(11(13,14)15)7-8(10)3-1-2-6-16/h4-5,7,16H,2,6H2. The van der Waals surface area contributed by atoms with Crippen LogP contribution in [0, 0.1) is 11.8 Å². The Kier molecular flexibility index (Phi) is 4.39. The zero-order valence-corrected chi connectivity index (χ0v) is 9.69. The lowest BCUT2D eigenvalue weighted by Gasteiger charge is -2.07. The van der Waals surface area contributed by atoms with E-state index in [9.17, 15) is 13.2 Å². The average molecular weight is 293 g/mol. The maximum Gasteiger partial charge on any atom is 0.416 e. The van der Waals surface area contributed by atoms with Crippen LogP contribution in [-0.4, -0.2) is 11.7 Å². The molecule has 0 aromatic heterocycles. The molecule has 1 rings (SSSR count). The molecule has 0 spiro atoms. The van der Waals surface area contributed by atoms with Gasteiger partial charge in [0.15, 0.2) is 0 Å². The largest absolute Gasteiger partial charge is 0.416 e. The molecule has 16 heavy (non-hydrogen) atoms. The zero-order chi connectivity index (χ0) is 12.2. The van der Waals surface area contributed by atoms with Crippen molar-refractivity contribution in [1.29, 1.82) is 0 Å². The van der Waals surface area contributed by atoms with Crippen LogP contribution in [0.5, 0.6) is 0 Å². The molecule has 0 aliphatic rings. The molecule has 0 heterocycles. The van der Waals surface area contributed by atoms with E-state index in [0.29, 0.717) is 4.47 Å². The first-order chi connectivity index (χ1) is 7.45. The summed E-state index contributed by atoms with van der Waals surface area (Å²) >= 11 is 3.12. The first kappa shape index (κ1) is 13.1. The van der Waals surface area contributed by atoms with Crippen molar-refractivity contribution in [2.45, 2.75) is 12.6 Å². The second-order valence-corrected chi connectivity index (χ2v) is 3.82. The molecule has 1 nitrogen and oxygen atoms in total. The Morgan fingerprint density at radius 2 is 2.00 bits per heavy atom. The number of benzene rings is 1. The molecular weight excluding hydrogens is 285 g/mol. The van der Waals surface area contributed by atoms with E-state index in [1.165, 1.54) is 6.07 Å². The SMILES string of the molecule is OCCC#Cc1cc(C(F)(F)F)ccc1Br. The number of hydrogen-bond donors (Lipinski definition) is 1. The van der Waals surface area contributed by atoms with E-state index in [4.69, 9.17) is 5.11 Å². The van der Waals surface area contributed by atoms with Crippen molar-refractivity contribution in [3.05, 3.63) is 33.8 Å². The minimum absolute atomic E-state index is 0.108. The summed E-state index contributed by atoms with van der Waals surface area (Å²) in [6.45, 7) is -0.108. The number of aliphatic hydroxyl groups excluding tert-OH is 1. The van der Waals surface area contributed by atoms with Gasteiger partial charge in [0.05, 0.1) is 12.2 Å². The zero-order valence-electron chi connectivity index (χ0n) is 8.11. The molecule has 0 atom stereocenters. The third kappa shape index (κ3) is 3.54. The highest BCUT2D eigenvalue weighted by Crippen LogP contribution is 2.31. The van der Waals surface area contributed by atoms with E-state index in [1.54, 1.807) is 0 Å². The van der Waals surface area contributed by atoms with E-state index in [-0.39, 0.29) is 18.6 Å². The smallest absolute Gasteiger partial charge is 0.395 e. The van der Waals surface area contributed by atoms with Crippen LogP contribution in [0.1, 0.15) is 17.5 Å². The summed E-state index contributed by atoms with van der Waals surface area (Å²) in [5.74, 6) is 5.14. The molecule has 86 valence electrons. The minimum Gasteiger partial charge on any atom is -0.395 e. The maximum atomic E-state index is 12.4. The Morgan fingerprint density at radius 1 is 1.31 bits per heavy atom. The Balaban J connectivity index is 3.06. The molecule has 0 saturated heterocycles. The number of rotatable bonds is 1. The maximum absolute atomic E-state index is 12.4. The molecule has 0 unspecified atom stereocenters. The van der Waals surface area contributed by atoms with Crippen molar-refractivity contribution in [3.8, 4) is 11.8 Å². The van der Waals surface area contributed by atoms with Crippen LogP contribution in [0.3, 0.4) is 0 Å². The number of alkyl halides is 3. The van der Waals surface area contributed by atoms with Gasteiger partial charge in [0.2, 0.25) is 0 Å². The Bertz CT molecular complexity index is 429. The van der Waals surface area contributed by atoms with Crippen molar-refractivity contribution in [3.63, 3.8) is 0 Å². The minimum atomic E-state index is -4.37. The first-order valence-electron chi connectivity index (χ1n) is 4.41. The summed E-state index contributed by atoms with van der Waals surface area (Å²) in [4.78, 5) is 0. The van der Waals surface area contributed by atoms with Gasteiger partial charge in [-0.15, -0.1) is 0 Å². The fourth-order valence-electron chi connectivity index (χ4n) is 1.01. The molecular formula is C11H8BrF3O. The summed E-state index contributed by atoms with van der Waals surface area (Å²) in [5.41, 5.74) is -0.465. The summed E-state index contributed by atoms with van der Waals surface area (Å²) in [7, 11) is 0. The van der Waals surface area contributed by atoms with E-state index < -0.39 is 11.7 Å². The van der Waals surface area contributed by atoms with Gasteiger partial charge in [0.1, 0.15) is 0 Å². The average Bonchev–Trinajstić information content (AvgIpc) is 2.19. The van der Waals surface area contributed by atoms with E-state index in [0.717, 1.165) is 12.1 Å². The Morgan fingerprint density at radius 3 is 2.56 bits per heavy atom. The molecule has 5 heteroatoms. The first-order valence-corrected chi connectivity index (χ1v) is 5.21. The second kappa shape index (κ2) is 5.37. The molecule has 0 radical (unpaired) electrons. The summed E-state index contributed by atoms with van der Waals surface area (Å²) in [6, 6.07) is 3.28. The lowest BCUT2D eigenvalue weighted by Crippen LogP contribution is -2.04. The molecule has 1 N–H and O–H groups in total. The quantitative estimate of drug-likeness (QED) is 0.788. The molecule has 0 aliphatic carbocycles. The fraction of sp³-hybridized carbons (Fsp3) is 0.273. The lowest BCUT2D eigenvalue weighted by atomic mass is 10.1.